The van der Waals surface area contributed by atoms with Crippen molar-refractivity contribution in [3.8, 4) is 0 Å². The van der Waals surface area contributed by atoms with Gasteiger partial charge in [0.05, 0.1) is 24.9 Å². The fraction of sp³-hybridized carbons (Fsp3) is 0.481. The van der Waals surface area contributed by atoms with Crippen LogP contribution in [0.5, 0.6) is 0 Å². The van der Waals surface area contributed by atoms with Crippen molar-refractivity contribution in [2.75, 3.05) is 19.6 Å². The van der Waals surface area contributed by atoms with Gasteiger partial charge >= 0.3 is 5.97 Å². The van der Waals surface area contributed by atoms with Gasteiger partial charge in [-0.25, -0.2) is 8.78 Å². The largest absolute Gasteiger partial charge is 0.481 e. The summed E-state index contributed by atoms with van der Waals surface area (Å²) in [6.07, 6.45) is 1.37. The van der Waals surface area contributed by atoms with Crippen LogP contribution in [0, 0.1) is 11.3 Å². The Hall–Kier alpha value is -2.22. The van der Waals surface area contributed by atoms with E-state index in [1.165, 1.54) is 0 Å². The van der Waals surface area contributed by atoms with Crippen molar-refractivity contribution in [1.82, 2.24) is 10.2 Å². The van der Waals surface area contributed by atoms with E-state index >= 15 is 0 Å². The van der Waals surface area contributed by atoms with Crippen LogP contribution in [0.3, 0.4) is 0 Å². The molecule has 0 aliphatic carbocycles. The smallest absolute Gasteiger partial charge is 0.304 e. The van der Waals surface area contributed by atoms with Gasteiger partial charge in [-0.2, -0.15) is 0 Å². The van der Waals surface area contributed by atoms with Crippen molar-refractivity contribution in [2.45, 2.75) is 50.5 Å². The minimum Gasteiger partial charge on any atom is -0.481 e. The van der Waals surface area contributed by atoms with E-state index in [-0.39, 0.29) is 43.3 Å². The number of carbonyl (C=O) groups excluding carboxylic acids is 1. The molecule has 9 heteroatoms. The quantitative estimate of drug-likeness (QED) is 0.433. The van der Waals surface area contributed by atoms with E-state index in [1.807, 2.05) is 42.5 Å². The molecule has 1 amide bonds. The van der Waals surface area contributed by atoms with E-state index in [9.17, 15) is 23.5 Å². The molecule has 4 atom stereocenters. The summed E-state index contributed by atoms with van der Waals surface area (Å²) in [5.41, 5.74) is 0.866. The third-order valence-electron chi connectivity index (χ3n) is 7.40. The predicted molar refractivity (Wildman–Crippen MR) is 136 cm³/mol. The summed E-state index contributed by atoms with van der Waals surface area (Å²) < 4.78 is 27.3. The van der Waals surface area contributed by atoms with Crippen molar-refractivity contribution in [3.63, 3.8) is 0 Å². The summed E-state index contributed by atoms with van der Waals surface area (Å²) in [5.74, 6) is -4.42. The average Bonchev–Trinajstić information content (AvgIpc) is 2.77. The molecular weight excluding hydrogens is 509 g/mol. The lowest BCUT2D eigenvalue weighted by Crippen LogP contribution is -2.61. The molecule has 5 nitrogen and oxygen atoms in total. The van der Waals surface area contributed by atoms with E-state index in [4.69, 9.17) is 23.2 Å². The third kappa shape index (κ3) is 6.36. The number of nitrogens with one attached hydrogen (secondary N) is 1. The number of aliphatic carboxylic acids is 1. The van der Waals surface area contributed by atoms with E-state index in [2.05, 4.69) is 5.32 Å². The molecule has 2 aliphatic rings. The topological polar surface area (TPSA) is 69.6 Å². The fourth-order valence-electron chi connectivity index (χ4n) is 5.58. The lowest BCUT2D eigenvalue weighted by atomic mass is 9.66. The van der Waals surface area contributed by atoms with Gasteiger partial charge in [0.1, 0.15) is 0 Å². The maximum Gasteiger partial charge on any atom is 0.304 e. The number of piperidine rings is 1. The number of hydrogen-bond acceptors (Lipinski definition) is 3. The number of hydrogen-bond donors (Lipinski definition) is 2. The highest BCUT2D eigenvalue weighted by Gasteiger charge is 2.50. The third-order valence-corrected chi connectivity index (χ3v) is 7.88. The zero-order valence-corrected chi connectivity index (χ0v) is 21.5. The predicted octanol–water partition coefficient (Wildman–Crippen LogP) is 5.65. The molecule has 0 bridgehead atoms. The number of halogens is 4. The molecule has 0 aromatic heterocycles. The first-order valence-electron chi connectivity index (χ1n) is 12.1. The Morgan fingerprint density at radius 1 is 1.17 bits per heavy atom. The number of likely N-dealkylation sites (tertiary alicyclic amines) is 1. The second-order valence-electron chi connectivity index (χ2n) is 10.4. The highest BCUT2D eigenvalue weighted by Crippen LogP contribution is 2.44. The van der Waals surface area contributed by atoms with Crippen LogP contribution in [0.25, 0.3) is 0 Å². The Bertz CT molecular complexity index is 1110. The zero-order chi connectivity index (χ0) is 26.1. The van der Waals surface area contributed by atoms with Crippen LogP contribution in [-0.4, -0.2) is 53.5 Å². The number of nitrogens with zero attached hydrogens (tertiary/aromatic N) is 1. The van der Waals surface area contributed by atoms with Crippen molar-refractivity contribution in [1.29, 1.82) is 0 Å². The number of amides is 1. The molecule has 2 aliphatic heterocycles. The maximum atomic E-state index is 13.6. The van der Waals surface area contributed by atoms with Gasteiger partial charge in [-0.15, -0.1) is 0 Å². The van der Waals surface area contributed by atoms with Crippen LogP contribution >= 0.6 is 23.2 Å². The number of carbonyl (C=O) groups is 2. The van der Waals surface area contributed by atoms with Crippen molar-refractivity contribution < 1.29 is 23.5 Å². The number of alkyl halides is 2. The summed E-state index contributed by atoms with van der Waals surface area (Å²) in [4.78, 5) is 26.5. The van der Waals surface area contributed by atoms with Gasteiger partial charge in [-0.05, 0) is 60.6 Å². The van der Waals surface area contributed by atoms with Crippen LogP contribution in [0.15, 0.2) is 48.5 Å². The number of aryl methyl sites for hydroxylation is 1. The van der Waals surface area contributed by atoms with Crippen LogP contribution in [0.1, 0.15) is 43.2 Å². The maximum absolute atomic E-state index is 13.6. The molecule has 2 fully saturated rings. The Kier molecular flexibility index (Phi) is 7.93. The number of benzene rings is 2. The summed E-state index contributed by atoms with van der Waals surface area (Å²) in [5, 5.41) is 13.8. The SMILES string of the molecule is CC1(CC(=O)O)CC(c2cccc(Cl)c2)C(C(CCc2ccc(Cl)cc2)CN2CC(F)(F)C2)NC1=O. The zero-order valence-electron chi connectivity index (χ0n) is 20.0. The Morgan fingerprint density at radius 3 is 2.47 bits per heavy atom. The Labute approximate surface area is 219 Å². The van der Waals surface area contributed by atoms with E-state index in [0.29, 0.717) is 35.9 Å². The Balaban J connectivity index is 1.64. The molecule has 36 heavy (non-hydrogen) atoms. The molecule has 2 saturated heterocycles. The molecule has 4 rings (SSSR count). The number of carboxylic acids is 1. The van der Waals surface area contributed by atoms with Gasteiger partial charge in [-0.3, -0.25) is 14.5 Å². The van der Waals surface area contributed by atoms with Crippen LogP contribution < -0.4 is 5.32 Å². The van der Waals surface area contributed by atoms with Crippen molar-refractivity contribution in [3.05, 3.63) is 69.7 Å². The molecule has 2 aromatic rings. The van der Waals surface area contributed by atoms with Gasteiger partial charge in [-0.1, -0.05) is 54.4 Å². The summed E-state index contributed by atoms with van der Waals surface area (Å²) in [6.45, 7) is 1.47. The fourth-order valence-corrected chi connectivity index (χ4v) is 5.91. The lowest BCUT2D eigenvalue weighted by Gasteiger charge is -2.48. The normalized spacial score (nSPS) is 26.6. The van der Waals surface area contributed by atoms with Gasteiger partial charge in [0.2, 0.25) is 5.91 Å². The molecule has 0 saturated carbocycles. The Morgan fingerprint density at radius 2 is 1.86 bits per heavy atom. The molecule has 2 N–H and O–H groups in total. The summed E-state index contributed by atoms with van der Waals surface area (Å²) in [6, 6.07) is 14.5. The van der Waals surface area contributed by atoms with Crippen LogP contribution in [0.2, 0.25) is 10.0 Å². The van der Waals surface area contributed by atoms with Crippen LogP contribution in [-0.2, 0) is 16.0 Å². The highest BCUT2D eigenvalue weighted by molar-refractivity contribution is 6.30. The molecule has 0 spiro atoms. The second-order valence-corrected chi connectivity index (χ2v) is 11.3. The molecule has 4 unspecified atom stereocenters. The first-order chi connectivity index (χ1) is 16.9. The van der Waals surface area contributed by atoms with Gasteiger partial charge in [0, 0.05) is 28.5 Å². The van der Waals surface area contributed by atoms with E-state index in [1.54, 1.807) is 17.9 Å². The van der Waals surface area contributed by atoms with E-state index in [0.717, 1.165) is 11.1 Å². The number of rotatable bonds is 9. The van der Waals surface area contributed by atoms with Crippen molar-refractivity contribution >= 4 is 35.1 Å². The first kappa shape index (κ1) is 26.8. The minimum atomic E-state index is -2.69. The molecule has 194 valence electrons. The molecular formula is C27H30Cl2F2N2O3. The van der Waals surface area contributed by atoms with Gasteiger partial charge in [0.25, 0.3) is 5.92 Å². The second kappa shape index (κ2) is 10.6. The minimum absolute atomic E-state index is 0.140. The standard InChI is InChI=1S/C27H30Cl2F2N2O3/c1-26(13-23(34)35)12-22(18-3-2-4-21(29)11-18)24(32-25(26)36)19(14-33-15-27(30,31)16-33)8-5-17-6-9-20(28)10-7-17/h2-4,6-7,9-11,19,22,24H,5,8,12-16H2,1H3,(H,32,36)(H,34,35). The average molecular weight is 539 g/mol. The molecule has 2 aromatic carbocycles. The summed E-state index contributed by atoms with van der Waals surface area (Å²) in [7, 11) is 0. The lowest BCUT2D eigenvalue weighted by molar-refractivity contribution is -0.149. The number of carboxylic acid groups (broad SMARTS) is 1. The van der Waals surface area contributed by atoms with E-state index < -0.39 is 17.3 Å². The van der Waals surface area contributed by atoms with Crippen molar-refractivity contribution in [2.24, 2.45) is 11.3 Å². The molecule has 2 heterocycles. The van der Waals surface area contributed by atoms with Gasteiger partial charge in [0.15, 0.2) is 0 Å². The highest BCUT2D eigenvalue weighted by atomic mass is 35.5. The monoisotopic (exact) mass is 538 g/mol. The van der Waals surface area contributed by atoms with Crippen LogP contribution in [0.4, 0.5) is 8.78 Å². The first-order valence-corrected chi connectivity index (χ1v) is 12.8. The molecule has 0 radical (unpaired) electrons. The van der Waals surface area contributed by atoms with Gasteiger partial charge < -0.3 is 10.4 Å². The summed E-state index contributed by atoms with van der Waals surface area (Å²) >= 11 is 12.3.